The molecule has 1 atom stereocenters. The maximum Gasteiger partial charge on any atom is 0.253 e. The maximum atomic E-state index is 14.0. The predicted molar refractivity (Wildman–Crippen MR) is 183 cm³/mol. The number of para-hydroxylation sites is 1. The van der Waals surface area contributed by atoms with Crippen molar-refractivity contribution < 1.29 is 19.1 Å². The van der Waals surface area contributed by atoms with Gasteiger partial charge in [-0.1, -0.05) is 72.4 Å². The molecule has 2 aromatic heterocycles. The fourth-order valence-corrected chi connectivity index (χ4v) is 7.04. The smallest absolute Gasteiger partial charge is 0.253 e. The molecule has 0 saturated carbocycles. The lowest BCUT2D eigenvalue weighted by Crippen LogP contribution is -2.29. The average molecular weight is 667 g/mol. The van der Waals surface area contributed by atoms with Crippen LogP contribution in [0.5, 0.6) is 11.5 Å². The molecular weight excluding hydrogens is 633 g/mol. The van der Waals surface area contributed by atoms with E-state index in [4.69, 9.17) is 14.6 Å². The number of carbonyl (C=O) groups excluding carboxylic acids is 2. The number of amides is 2. The molecule has 1 aliphatic rings. The number of aryl methyl sites for hydroxylation is 1. The van der Waals surface area contributed by atoms with E-state index in [0.717, 1.165) is 33.0 Å². The number of thioether (sulfide) groups is 1. The second-order valence-corrected chi connectivity index (χ2v) is 12.8. The number of ether oxygens (including phenoxy) is 2. The Bertz CT molecular complexity index is 1890. The van der Waals surface area contributed by atoms with Gasteiger partial charge in [-0.05, 0) is 47.7 Å². The van der Waals surface area contributed by atoms with Crippen LogP contribution in [0.25, 0.3) is 5.69 Å². The van der Waals surface area contributed by atoms with Crippen LogP contribution in [-0.2, 0) is 22.6 Å². The molecule has 240 valence electrons. The van der Waals surface area contributed by atoms with Crippen LogP contribution in [0.15, 0.2) is 101 Å². The summed E-state index contributed by atoms with van der Waals surface area (Å²) in [5.41, 5.74) is 4.48. The van der Waals surface area contributed by atoms with Crippen LogP contribution in [0.1, 0.15) is 39.9 Å². The van der Waals surface area contributed by atoms with Gasteiger partial charge in [0.2, 0.25) is 5.91 Å². The van der Waals surface area contributed by atoms with E-state index in [9.17, 15) is 9.59 Å². The number of benzene rings is 3. The first-order chi connectivity index (χ1) is 22.9. The molecule has 0 unspecified atom stereocenters. The molecule has 0 bridgehead atoms. The van der Waals surface area contributed by atoms with Gasteiger partial charge in [-0.15, -0.1) is 21.5 Å². The second-order valence-electron chi connectivity index (χ2n) is 10.9. The Morgan fingerprint density at radius 3 is 2.55 bits per heavy atom. The van der Waals surface area contributed by atoms with Gasteiger partial charge in [0.15, 0.2) is 22.5 Å². The zero-order valence-corrected chi connectivity index (χ0v) is 27.9. The summed E-state index contributed by atoms with van der Waals surface area (Å²) >= 11 is 2.86. The number of hydrazone groups is 1. The van der Waals surface area contributed by atoms with Crippen LogP contribution >= 0.6 is 23.1 Å². The normalized spacial score (nSPS) is 14.1. The first-order valence-electron chi connectivity index (χ1n) is 15.0. The fraction of sp³-hybridized carbons (Fsp3) is 0.229. The summed E-state index contributed by atoms with van der Waals surface area (Å²) in [6.45, 7) is 2.19. The molecule has 3 aromatic carbocycles. The van der Waals surface area contributed by atoms with Crippen molar-refractivity contribution in [1.82, 2.24) is 25.1 Å². The summed E-state index contributed by atoms with van der Waals surface area (Å²) in [5, 5.41) is 20.8. The van der Waals surface area contributed by atoms with Crippen LogP contribution in [0, 0.1) is 6.92 Å². The number of carbonyl (C=O) groups is 2. The van der Waals surface area contributed by atoms with Crippen molar-refractivity contribution in [2.75, 3.05) is 20.0 Å². The van der Waals surface area contributed by atoms with Gasteiger partial charge >= 0.3 is 0 Å². The number of hydrogen-bond donors (Lipinski definition) is 1. The van der Waals surface area contributed by atoms with Crippen LogP contribution in [0.2, 0.25) is 0 Å². The van der Waals surface area contributed by atoms with Crippen molar-refractivity contribution in [3.8, 4) is 17.2 Å². The number of rotatable bonds is 12. The van der Waals surface area contributed by atoms with E-state index in [2.05, 4.69) is 15.5 Å². The van der Waals surface area contributed by atoms with Gasteiger partial charge in [0.25, 0.3) is 5.91 Å². The molecule has 0 spiro atoms. The van der Waals surface area contributed by atoms with Gasteiger partial charge in [-0.3, -0.25) is 14.2 Å². The molecule has 1 N–H and O–H groups in total. The zero-order valence-electron chi connectivity index (χ0n) is 26.3. The lowest BCUT2D eigenvalue weighted by molar-refractivity contribution is -0.130. The molecule has 0 aliphatic carbocycles. The Morgan fingerprint density at radius 2 is 1.81 bits per heavy atom. The third kappa shape index (κ3) is 7.23. The number of hydrogen-bond acceptors (Lipinski definition) is 9. The van der Waals surface area contributed by atoms with E-state index in [-0.39, 0.29) is 36.6 Å². The molecule has 2 amide bonds. The molecule has 47 heavy (non-hydrogen) atoms. The minimum atomic E-state index is -0.379. The highest BCUT2D eigenvalue weighted by atomic mass is 32.2. The van der Waals surface area contributed by atoms with Gasteiger partial charge in [0.05, 0.1) is 49.6 Å². The van der Waals surface area contributed by atoms with E-state index >= 15 is 0 Å². The molecule has 0 saturated heterocycles. The Hall–Kier alpha value is -4.94. The third-order valence-corrected chi connectivity index (χ3v) is 9.53. The first-order valence-corrected chi connectivity index (χ1v) is 16.9. The van der Waals surface area contributed by atoms with Crippen molar-refractivity contribution in [1.29, 1.82) is 0 Å². The molecule has 0 radical (unpaired) electrons. The van der Waals surface area contributed by atoms with Crippen LogP contribution in [0.4, 0.5) is 0 Å². The standard InChI is InChI=1S/C35H34N6O4S2/c1-23-10-7-13-25(18-23)40-31(21-36-32(42)19-24-11-5-4-6-12-24)37-38-35(40)47-22-33(43)41-28(20-27(39-41)30-16-9-17-46-30)26-14-8-15-29(44-2)34(26)45-3/h4-18,28H,19-22H2,1-3H3,(H,36,42)/t28-/m0/s1. The second kappa shape index (κ2) is 14.7. The van der Waals surface area contributed by atoms with Crippen molar-refractivity contribution in [3.63, 3.8) is 0 Å². The summed E-state index contributed by atoms with van der Waals surface area (Å²) in [7, 11) is 3.19. The SMILES string of the molecule is COc1cccc([C@@H]2CC(c3cccs3)=NN2C(=O)CSc2nnc(CNC(=O)Cc3ccccc3)n2-c2cccc(C)c2)c1OC. The van der Waals surface area contributed by atoms with Gasteiger partial charge in [0.1, 0.15) is 0 Å². The average Bonchev–Trinajstić information content (AvgIpc) is 3.86. The Morgan fingerprint density at radius 1 is 0.979 bits per heavy atom. The van der Waals surface area contributed by atoms with Crippen molar-refractivity contribution in [2.24, 2.45) is 5.10 Å². The van der Waals surface area contributed by atoms with Crippen LogP contribution in [0.3, 0.4) is 0 Å². The molecule has 5 aromatic rings. The first kappa shape index (κ1) is 32.0. The highest BCUT2D eigenvalue weighted by molar-refractivity contribution is 7.99. The van der Waals surface area contributed by atoms with E-state index < -0.39 is 0 Å². The maximum absolute atomic E-state index is 14.0. The largest absolute Gasteiger partial charge is 0.493 e. The van der Waals surface area contributed by atoms with Crippen molar-refractivity contribution in [3.05, 3.63) is 118 Å². The van der Waals surface area contributed by atoms with Gasteiger partial charge in [0, 0.05) is 17.7 Å². The van der Waals surface area contributed by atoms with Gasteiger partial charge < -0.3 is 14.8 Å². The predicted octanol–water partition coefficient (Wildman–Crippen LogP) is 5.98. The molecule has 10 nitrogen and oxygen atoms in total. The van der Waals surface area contributed by atoms with Crippen molar-refractivity contribution in [2.45, 2.75) is 37.5 Å². The quantitative estimate of drug-likeness (QED) is 0.163. The topological polar surface area (TPSA) is 111 Å². The molecule has 3 heterocycles. The molecule has 1 aliphatic heterocycles. The lowest BCUT2D eigenvalue weighted by Gasteiger charge is -2.24. The highest BCUT2D eigenvalue weighted by Gasteiger charge is 2.36. The summed E-state index contributed by atoms with van der Waals surface area (Å²) in [6, 6.07) is 26.8. The van der Waals surface area contributed by atoms with E-state index in [1.54, 1.807) is 30.6 Å². The van der Waals surface area contributed by atoms with Crippen molar-refractivity contribution >= 4 is 40.6 Å². The summed E-state index contributed by atoms with van der Waals surface area (Å²) in [4.78, 5) is 27.7. The Balaban J connectivity index is 1.24. The van der Waals surface area contributed by atoms with E-state index in [0.29, 0.717) is 28.9 Å². The zero-order chi connectivity index (χ0) is 32.8. The molecule has 12 heteroatoms. The molecule has 6 rings (SSSR count). The number of nitrogens with zero attached hydrogens (tertiary/aromatic N) is 5. The summed E-state index contributed by atoms with van der Waals surface area (Å²) in [5.74, 6) is 1.48. The van der Waals surface area contributed by atoms with Crippen LogP contribution < -0.4 is 14.8 Å². The minimum absolute atomic E-state index is 0.0638. The number of methoxy groups -OCH3 is 2. The fourth-order valence-electron chi connectivity index (χ4n) is 5.50. The number of thiophene rings is 1. The Labute approximate surface area is 281 Å². The number of nitrogens with one attached hydrogen (secondary N) is 1. The highest BCUT2D eigenvalue weighted by Crippen LogP contribution is 2.42. The third-order valence-electron chi connectivity index (χ3n) is 7.70. The monoisotopic (exact) mass is 666 g/mol. The number of aromatic nitrogens is 3. The summed E-state index contributed by atoms with van der Waals surface area (Å²) < 4.78 is 13.2. The Kier molecular flexibility index (Phi) is 9.98. The van der Waals surface area contributed by atoms with E-state index in [1.807, 2.05) is 102 Å². The summed E-state index contributed by atoms with van der Waals surface area (Å²) in [6.07, 6.45) is 0.797. The minimum Gasteiger partial charge on any atom is -0.493 e. The lowest BCUT2D eigenvalue weighted by atomic mass is 9.99. The molecule has 0 fully saturated rings. The van der Waals surface area contributed by atoms with Gasteiger partial charge in [-0.2, -0.15) is 5.10 Å². The van der Waals surface area contributed by atoms with Crippen LogP contribution in [-0.4, -0.2) is 57.3 Å². The molecular formula is C35H34N6O4S2. The van der Waals surface area contributed by atoms with E-state index in [1.165, 1.54) is 11.8 Å². The van der Waals surface area contributed by atoms with Gasteiger partial charge in [-0.25, -0.2) is 5.01 Å².